The minimum absolute atomic E-state index is 0.252. The van der Waals surface area contributed by atoms with Gasteiger partial charge >= 0.3 is 0 Å². The summed E-state index contributed by atoms with van der Waals surface area (Å²) in [6, 6.07) is 17.8. The van der Waals surface area contributed by atoms with Crippen molar-refractivity contribution in [3.63, 3.8) is 0 Å². The van der Waals surface area contributed by atoms with E-state index in [0.717, 1.165) is 22.7 Å². The van der Waals surface area contributed by atoms with Gasteiger partial charge in [-0.1, -0.05) is 38.1 Å². The summed E-state index contributed by atoms with van der Waals surface area (Å²) < 4.78 is 5.25. The van der Waals surface area contributed by atoms with Crippen LogP contribution in [0.15, 0.2) is 59.0 Å². The van der Waals surface area contributed by atoms with Gasteiger partial charge in [-0.3, -0.25) is 5.43 Å². The van der Waals surface area contributed by atoms with Gasteiger partial charge in [0.05, 0.1) is 18.5 Å². The van der Waals surface area contributed by atoms with Crippen molar-refractivity contribution < 1.29 is 4.74 Å². The van der Waals surface area contributed by atoms with E-state index >= 15 is 0 Å². The van der Waals surface area contributed by atoms with Crippen LogP contribution in [0.5, 0.6) is 5.75 Å². The van der Waals surface area contributed by atoms with Crippen molar-refractivity contribution in [2.24, 2.45) is 5.10 Å². The molecule has 3 rings (SSSR count). The number of ether oxygens (including phenoxy) is 1. The van der Waals surface area contributed by atoms with Crippen LogP contribution in [0, 0.1) is 11.3 Å². The van der Waals surface area contributed by atoms with E-state index in [4.69, 9.17) is 4.74 Å². The Morgan fingerprint density at radius 2 is 2.00 bits per heavy atom. The molecule has 0 saturated carbocycles. The van der Waals surface area contributed by atoms with E-state index in [1.165, 1.54) is 16.9 Å². The van der Waals surface area contributed by atoms with E-state index in [-0.39, 0.29) is 5.71 Å². The van der Waals surface area contributed by atoms with Crippen LogP contribution in [0.3, 0.4) is 0 Å². The van der Waals surface area contributed by atoms with E-state index in [9.17, 15) is 5.26 Å². The second kappa shape index (κ2) is 8.47. The van der Waals surface area contributed by atoms with E-state index in [0.29, 0.717) is 10.9 Å². The lowest BCUT2D eigenvalue weighted by Gasteiger charge is -2.06. The number of hydrogen-bond donors (Lipinski definition) is 1. The molecule has 0 spiro atoms. The third-order valence-corrected chi connectivity index (χ3v) is 4.90. The number of thiazole rings is 1. The summed E-state index contributed by atoms with van der Waals surface area (Å²) >= 11 is 1.39. The molecule has 1 N–H and O–H groups in total. The fourth-order valence-electron chi connectivity index (χ4n) is 2.48. The molecule has 6 heteroatoms. The molecule has 0 atom stereocenters. The second-order valence-electron chi connectivity index (χ2n) is 6.23. The first kappa shape index (κ1) is 18.6. The summed E-state index contributed by atoms with van der Waals surface area (Å²) in [5, 5.41) is 16.2. The van der Waals surface area contributed by atoms with Gasteiger partial charge in [0.2, 0.25) is 0 Å². The van der Waals surface area contributed by atoms with Crippen molar-refractivity contribution in [2.45, 2.75) is 19.8 Å². The van der Waals surface area contributed by atoms with E-state index in [1.54, 1.807) is 7.11 Å². The lowest BCUT2D eigenvalue weighted by Crippen LogP contribution is -2.01. The summed E-state index contributed by atoms with van der Waals surface area (Å²) in [5.74, 6) is 1.24. The van der Waals surface area contributed by atoms with E-state index in [2.05, 4.69) is 47.6 Å². The number of hydrogen-bond acceptors (Lipinski definition) is 6. The lowest BCUT2D eigenvalue weighted by atomic mass is 10.0. The van der Waals surface area contributed by atoms with Crippen LogP contribution in [-0.4, -0.2) is 17.8 Å². The first-order chi connectivity index (χ1) is 13.1. The van der Waals surface area contributed by atoms with Crippen molar-refractivity contribution in [3.05, 3.63) is 64.5 Å². The predicted octanol–water partition coefficient (Wildman–Crippen LogP) is 5.28. The molecule has 0 aliphatic rings. The molecule has 0 saturated heterocycles. The molecule has 0 unspecified atom stereocenters. The molecular formula is C21H20N4OS. The van der Waals surface area contributed by atoms with Crippen LogP contribution in [0.1, 0.15) is 30.3 Å². The molecule has 1 heterocycles. The first-order valence-corrected chi connectivity index (χ1v) is 9.42. The molecule has 0 bridgehead atoms. The Kier molecular flexibility index (Phi) is 5.84. The molecular weight excluding hydrogens is 356 g/mol. The average Bonchev–Trinajstić information content (AvgIpc) is 3.19. The summed E-state index contributed by atoms with van der Waals surface area (Å²) in [5.41, 5.74) is 7.01. The number of nitrogens with zero attached hydrogens (tertiary/aromatic N) is 3. The number of nitriles is 1. The topological polar surface area (TPSA) is 70.3 Å². The van der Waals surface area contributed by atoms with Gasteiger partial charge in [0.25, 0.3) is 0 Å². The molecule has 0 aliphatic heterocycles. The Bertz CT molecular complexity index is 984. The van der Waals surface area contributed by atoms with Crippen molar-refractivity contribution in [1.29, 1.82) is 5.26 Å². The maximum Gasteiger partial charge on any atom is 0.196 e. The number of methoxy groups -OCH3 is 1. The second-order valence-corrected chi connectivity index (χ2v) is 7.09. The lowest BCUT2D eigenvalue weighted by molar-refractivity contribution is 0.415. The fraction of sp³-hybridized carbons (Fsp3) is 0.190. The number of nitrogens with one attached hydrogen (secondary N) is 1. The Morgan fingerprint density at radius 1 is 1.22 bits per heavy atom. The van der Waals surface area contributed by atoms with Crippen LogP contribution < -0.4 is 10.2 Å². The Hall–Kier alpha value is -3.17. The van der Waals surface area contributed by atoms with Crippen molar-refractivity contribution >= 4 is 22.7 Å². The summed E-state index contributed by atoms with van der Waals surface area (Å²) in [4.78, 5) is 4.55. The Morgan fingerprint density at radius 3 is 2.67 bits per heavy atom. The quantitative estimate of drug-likeness (QED) is 0.469. The molecule has 27 heavy (non-hydrogen) atoms. The monoisotopic (exact) mass is 376 g/mol. The number of hydrazone groups is 1. The largest absolute Gasteiger partial charge is 0.497 e. The molecule has 136 valence electrons. The molecule has 0 radical (unpaired) electrons. The molecule has 0 fully saturated rings. The average molecular weight is 376 g/mol. The van der Waals surface area contributed by atoms with Crippen molar-refractivity contribution in [2.75, 3.05) is 12.5 Å². The van der Waals surface area contributed by atoms with Crippen LogP contribution in [-0.2, 0) is 0 Å². The maximum absolute atomic E-state index is 9.46. The van der Waals surface area contributed by atoms with Crippen molar-refractivity contribution in [3.8, 4) is 23.1 Å². The number of rotatable bonds is 6. The zero-order valence-corrected chi connectivity index (χ0v) is 16.2. The fourth-order valence-corrected chi connectivity index (χ4v) is 3.25. The van der Waals surface area contributed by atoms with E-state index < -0.39 is 0 Å². The Labute approximate surface area is 163 Å². The van der Waals surface area contributed by atoms with Gasteiger partial charge < -0.3 is 4.74 Å². The van der Waals surface area contributed by atoms with Gasteiger partial charge in [-0.2, -0.15) is 10.4 Å². The molecule has 0 amide bonds. The minimum atomic E-state index is 0.252. The molecule has 2 aromatic carbocycles. The van der Waals surface area contributed by atoms with E-state index in [1.807, 2.05) is 41.8 Å². The van der Waals surface area contributed by atoms with Gasteiger partial charge in [-0.15, -0.1) is 11.3 Å². The number of benzene rings is 2. The number of anilines is 1. The minimum Gasteiger partial charge on any atom is -0.497 e. The smallest absolute Gasteiger partial charge is 0.196 e. The van der Waals surface area contributed by atoms with Crippen LogP contribution in [0.4, 0.5) is 5.69 Å². The highest BCUT2D eigenvalue weighted by Gasteiger charge is 2.11. The van der Waals surface area contributed by atoms with Crippen LogP contribution >= 0.6 is 11.3 Å². The molecule has 1 aromatic heterocycles. The third-order valence-electron chi connectivity index (χ3n) is 4.05. The molecule has 0 aliphatic carbocycles. The van der Waals surface area contributed by atoms with Gasteiger partial charge in [-0.05, 0) is 35.7 Å². The van der Waals surface area contributed by atoms with Gasteiger partial charge in [0.1, 0.15) is 11.8 Å². The van der Waals surface area contributed by atoms with Gasteiger partial charge in [0, 0.05) is 10.9 Å². The highest BCUT2D eigenvalue weighted by atomic mass is 32.1. The third kappa shape index (κ3) is 4.52. The molecule has 3 aromatic rings. The highest BCUT2D eigenvalue weighted by Crippen LogP contribution is 2.25. The normalized spacial score (nSPS) is 11.3. The first-order valence-electron chi connectivity index (χ1n) is 8.55. The van der Waals surface area contributed by atoms with Gasteiger partial charge in [-0.25, -0.2) is 4.98 Å². The molecule has 5 nitrogen and oxygen atoms in total. The standard InChI is InChI=1S/C21H20N4OS/c1-14(2)15-7-9-17(10-8-15)24-25-19(12-22)21-23-20(13-27-21)16-5-4-6-18(11-16)26-3/h4-11,13-14,24H,1-3H3. The van der Waals surface area contributed by atoms with Crippen LogP contribution in [0.2, 0.25) is 0 Å². The van der Waals surface area contributed by atoms with Crippen molar-refractivity contribution in [1.82, 2.24) is 4.98 Å². The Balaban J connectivity index is 1.78. The zero-order valence-electron chi connectivity index (χ0n) is 15.4. The van der Waals surface area contributed by atoms with Crippen LogP contribution in [0.25, 0.3) is 11.3 Å². The highest BCUT2D eigenvalue weighted by molar-refractivity contribution is 7.12. The van der Waals surface area contributed by atoms with Gasteiger partial charge in [0.15, 0.2) is 10.7 Å². The summed E-state index contributed by atoms with van der Waals surface area (Å²) in [7, 11) is 1.63. The summed E-state index contributed by atoms with van der Waals surface area (Å²) in [6.07, 6.45) is 0. The SMILES string of the molecule is COc1cccc(-c2csc(C(C#N)=NNc3ccc(C(C)C)cc3)n2)c1. The zero-order chi connectivity index (χ0) is 19.2. The maximum atomic E-state index is 9.46. The predicted molar refractivity (Wildman–Crippen MR) is 110 cm³/mol. The number of aromatic nitrogens is 1. The summed E-state index contributed by atoms with van der Waals surface area (Å²) in [6.45, 7) is 4.30.